The second kappa shape index (κ2) is 4.58. The van der Waals surface area contributed by atoms with Crippen LogP contribution in [-0.2, 0) is 5.54 Å². The number of fused-ring (bicyclic) bond motifs is 3. The summed E-state index contributed by atoms with van der Waals surface area (Å²) in [5.41, 5.74) is 1.65. The first-order valence-electron chi connectivity index (χ1n) is 7.12. The Morgan fingerprint density at radius 3 is 2.55 bits per heavy atom. The Morgan fingerprint density at radius 2 is 1.77 bits per heavy atom. The van der Waals surface area contributed by atoms with Crippen LogP contribution in [0.15, 0.2) is 48.5 Å². The zero-order valence-corrected chi connectivity index (χ0v) is 12.4. The van der Waals surface area contributed by atoms with Crippen molar-refractivity contribution in [1.29, 1.82) is 0 Å². The number of hydrogen-bond acceptors (Lipinski definition) is 2. The molecule has 0 spiro atoms. The maximum absolute atomic E-state index is 12.7. The predicted molar refractivity (Wildman–Crippen MR) is 82.9 cm³/mol. The fraction of sp³-hybridized carbons (Fsp3) is 0.176. The van der Waals surface area contributed by atoms with Crippen LogP contribution < -0.4 is 5.32 Å². The third-order valence-corrected chi connectivity index (χ3v) is 4.73. The van der Waals surface area contributed by atoms with Crippen LogP contribution in [0.1, 0.15) is 27.9 Å². The van der Waals surface area contributed by atoms with Gasteiger partial charge in [0.05, 0.1) is 0 Å². The quantitative estimate of drug-likeness (QED) is 0.879. The van der Waals surface area contributed by atoms with Gasteiger partial charge in [0, 0.05) is 17.1 Å². The summed E-state index contributed by atoms with van der Waals surface area (Å²) in [6.45, 7) is 0.527. The van der Waals surface area contributed by atoms with Gasteiger partial charge in [-0.2, -0.15) is 0 Å². The minimum atomic E-state index is -0.736. The zero-order chi connectivity index (χ0) is 15.3. The van der Waals surface area contributed by atoms with Gasteiger partial charge >= 0.3 is 6.03 Å². The topological polar surface area (TPSA) is 49.4 Å². The second-order valence-corrected chi connectivity index (χ2v) is 5.97. The Balaban J connectivity index is 2.02. The zero-order valence-electron chi connectivity index (χ0n) is 11.7. The number of carbonyl (C=O) groups is 2. The summed E-state index contributed by atoms with van der Waals surface area (Å²) in [5, 5.41) is 3.39. The smallest absolute Gasteiger partial charge is 0.325 e. The number of nitrogens with zero attached hydrogens (tertiary/aromatic N) is 1. The SMILES string of the molecule is O=C1NCCC2(c3ccc(Cl)cc3)c3ccccc3C(=O)N12. The van der Waals surface area contributed by atoms with Crippen LogP contribution in [0.3, 0.4) is 0 Å². The highest BCUT2D eigenvalue weighted by Gasteiger charge is 2.55. The molecule has 1 saturated heterocycles. The van der Waals surface area contributed by atoms with Crippen molar-refractivity contribution in [2.75, 3.05) is 6.54 Å². The van der Waals surface area contributed by atoms with E-state index in [1.54, 1.807) is 18.2 Å². The van der Waals surface area contributed by atoms with Crippen molar-refractivity contribution in [3.05, 3.63) is 70.2 Å². The molecule has 1 unspecified atom stereocenters. The van der Waals surface area contributed by atoms with Gasteiger partial charge in [0.25, 0.3) is 5.91 Å². The average Bonchev–Trinajstić information content (AvgIpc) is 2.80. The predicted octanol–water partition coefficient (Wildman–Crippen LogP) is 3.15. The lowest BCUT2D eigenvalue weighted by Crippen LogP contribution is -2.57. The van der Waals surface area contributed by atoms with Crippen molar-refractivity contribution in [2.45, 2.75) is 12.0 Å². The van der Waals surface area contributed by atoms with Gasteiger partial charge in [-0.1, -0.05) is 41.9 Å². The van der Waals surface area contributed by atoms with Crippen molar-refractivity contribution in [1.82, 2.24) is 10.2 Å². The molecule has 1 fully saturated rings. The summed E-state index contributed by atoms with van der Waals surface area (Å²) in [7, 11) is 0. The first-order valence-corrected chi connectivity index (χ1v) is 7.50. The van der Waals surface area contributed by atoms with E-state index in [4.69, 9.17) is 11.6 Å². The van der Waals surface area contributed by atoms with Crippen molar-refractivity contribution < 1.29 is 9.59 Å². The number of imide groups is 1. The summed E-state index contributed by atoms with van der Waals surface area (Å²) in [4.78, 5) is 26.4. The van der Waals surface area contributed by atoms with Crippen molar-refractivity contribution >= 4 is 23.5 Å². The molecule has 0 bridgehead atoms. The Morgan fingerprint density at radius 1 is 1.05 bits per heavy atom. The van der Waals surface area contributed by atoms with Crippen molar-refractivity contribution in [3.8, 4) is 0 Å². The molecule has 2 aliphatic heterocycles. The molecule has 2 aromatic carbocycles. The van der Waals surface area contributed by atoms with Gasteiger partial charge in [-0.15, -0.1) is 0 Å². The molecule has 2 aromatic rings. The summed E-state index contributed by atoms with van der Waals surface area (Å²) in [6, 6.07) is 14.5. The van der Waals surface area contributed by atoms with E-state index in [2.05, 4.69) is 5.32 Å². The molecule has 0 aromatic heterocycles. The van der Waals surface area contributed by atoms with Gasteiger partial charge in [-0.05, 0) is 35.7 Å². The van der Waals surface area contributed by atoms with Crippen molar-refractivity contribution in [3.63, 3.8) is 0 Å². The molecule has 22 heavy (non-hydrogen) atoms. The number of rotatable bonds is 1. The third-order valence-electron chi connectivity index (χ3n) is 4.48. The van der Waals surface area contributed by atoms with E-state index in [0.717, 1.165) is 11.1 Å². The van der Waals surface area contributed by atoms with Crippen LogP contribution in [-0.4, -0.2) is 23.4 Å². The molecule has 1 N–H and O–H groups in total. The van der Waals surface area contributed by atoms with Crippen molar-refractivity contribution in [2.24, 2.45) is 0 Å². The lowest BCUT2D eigenvalue weighted by atomic mass is 9.79. The fourth-order valence-electron chi connectivity index (χ4n) is 3.54. The van der Waals surface area contributed by atoms with E-state index in [1.807, 2.05) is 30.3 Å². The lowest BCUT2D eigenvalue weighted by Gasteiger charge is -2.42. The number of carbonyl (C=O) groups excluding carboxylic acids is 2. The molecule has 0 aliphatic carbocycles. The molecule has 1 atom stereocenters. The summed E-state index contributed by atoms with van der Waals surface area (Å²) in [5.74, 6) is -0.247. The first-order chi connectivity index (χ1) is 10.6. The van der Waals surface area contributed by atoms with E-state index in [0.29, 0.717) is 23.6 Å². The fourth-order valence-corrected chi connectivity index (χ4v) is 3.67. The maximum atomic E-state index is 12.7. The standard InChI is InChI=1S/C17H13ClN2O2/c18-12-7-5-11(6-8-12)17-9-10-19-16(22)20(17)15(21)13-3-1-2-4-14(13)17/h1-8H,9-10H2,(H,19,22). The van der Waals surface area contributed by atoms with E-state index in [-0.39, 0.29) is 11.9 Å². The monoisotopic (exact) mass is 312 g/mol. The molecule has 0 radical (unpaired) electrons. The Bertz CT molecular complexity index is 788. The van der Waals surface area contributed by atoms with Gasteiger partial charge < -0.3 is 5.32 Å². The summed E-state index contributed by atoms with van der Waals surface area (Å²) < 4.78 is 0. The highest BCUT2D eigenvalue weighted by atomic mass is 35.5. The molecule has 2 aliphatic rings. The minimum Gasteiger partial charge on any atom is -0.337 e. The van der Waals surface area contributed by atoms with Crippen LogP contribution in [0.25, 0.3) is 0 Å². The number of urea groups is 1. The Hall–Kier alpha value is -2.33. The van der Waals surface area contributed by atoms with E-state index in [9.17, 15) is 9.59 Å². The third kappa shape index (κ3) is 1.58. The molecular formula is C17H13ClN2O2. The Kier molecular flexibility index (Phi) is 2.78. The van der Waals surface area contributed by atoms with E-state index >= 15 is 0 Å². The van der Waals surface area contributed by atoms with Crippen LogP contribution in [0, 0.1) is 0 Å². The normalized spacial score (nSPS) is 23.0. The maximum Gasteiger partial charge on any atom is 0.325 e. The van der Waals surface area contributed by atoms with Gasteiger partial charge in [-0.25, -0.2) is 9.69 Å². The van der Waals surface area contributed by atoms with Gasteiger partial charge in [0.1, 0.15) is 5.54 Å². The number of amides is 3. The molecule has 0 saturated carbocycles. The highest BCUT2D eigenvalue weighted by molar-refractivity contribution is 6.30. The average molecular weight is 313 g/mol. The van der Waals surface area contributed by atoms with Gasteiger partial charge in [-0.3, -0.25) is 4.79 Å². The minimum absolute atomic E-state index is 0.247. The van der Waals surface area contributed by atoms with Crippen LogP contribution in [0.4, 0.5) is 4.79 Å². The number of halogens is 1. The molecule has 3 amide bonds. The van der Waals surface area contributed by atoms with Gasteiger partial charge in [0.2, 0.25) is 0 Å². The largest absolute Gasteiger partial charge is 0.337 e. The molecular weight excluding hydrogens is 300 g/mol. The molecule has 110 valence electrons. The van der Waals surface area contributed by atoms with E-state index in [1.165, 1.54) is 4.90 Å². The number of hydrogen-bond donors (Lipinski definition) is 1. The highest BCUT2D eigenvalue weighted by Crippen LogP contribution is 2.47. The molecule has 4 nitrogen and oxygen atoms in total. The number of nitrogens with one attached hydrogen (secondary N) is 1. The van der Waals surface area contributed by atoms with Gasteiger partial charge in [0.15, 0.2) is 0 Å². The lowest BCUT2D eigenvalue weighted by molar-refractivity contribution is 0.0655. The summed E-state index contributed by atoms with van der Waals surface area (Å²) >= 11 is 5.99. The second-order valence-electron chi connectivity index (χ2n) is 5.54. The van der Waals surface area contributed by atoms with Crippen LogP contribution >= 0.6 is 11.6 Å². The number of benzene rings is 2. The van der Waals surface area contributed by atoms with E-state index < -0.39 is 5.54 Å². The first kappa shape index (κ1) is 13.3. The summed E-state index contributed by atoms with van der Waals surface area (Å²) in [6.07, 6.45) is 0.642. The molecule has 4 rings (SSSR count). The molecule has 5 heteroatoms. The Labute approximate surface area is 132 Å². The van der Waals surface area contributed by atoms with Crippen LogP contribution in [0.5, 0.6) is 0 Å². The molecule has 2 heterocycles. The van der Waals surface area contributed by atoms with Crippen LogP contribution in [0.2, 0.25) is 5.02 Å².